The lowest BCUT2D eigenvalue weighted by Crippen LogP contribution is -2.56. The Hall–Kier alpha value is -1.35. The molecule has 1 aliphatic heterocycles. The van der Waals surface area contributed by atoms with E-state index in [0.29, 0.717) is 5.91 Å². The van der Waals surface area contributed by atoms with Gasteiger partial charge in [0.15, 0.2) is 0 Å². The average molecular weight is 314 g/mol. The normalized spacial score (nSPS) is 20.7. The molecular formula is C20H30N2O. The molecule has 0 aromatic heterocycles. The number of nitrogens with zero attached hydrogens (tertiary/aromatic N) is 1. The van der Waals surface area contributed by atoms with E-state index in [1.54, 1.807) is 0 Å². The molecule has 1 amide bonds. The van der Waals surface area contributed by atoms with E-state index in [9.17, 15) is 4.79 Å². The molecule has 1 heterocycles. The van der Waals surface area contributed by atoms with E-state index in [1.807, 2.05) is 0 Å². The van der Waals surface area contributed by atoms with Crippen LogP contribution in [0.2, 0.25) is 0 Å². The van der Waals surface area contributed by atoms with Gasteiger partial charge in [-0.05, 0) is 64.1 Å². The lowest BCUT2D eigenvalue weighted by atomic mass is 9.94. The quantitative estimate of drug-likeness (QED) is 0.816. The number of hydrogen-bond donors (Lipinski definition) is 1. The molecule has 23 heavy (non-hydrogen) atoms. The fourth-order valence-corrected chi connectivity index (χ4v) is 4.32. The zero-order valence-corrected chi connectivity index (χ0v) is 14.4. The first-order valence-electron chi connectivity index (χ1n) is 9.30. The van der Waals surface area contributed by atoms with Gasteiger partial charge in [0.1, 0.15) is 5.54 Å². The van der Waals surface area contributed by atoms with Crippen molar-refractivity contribution in [2.45, 2.75) is 63.8 Å². The van der Waals surface area contributed by atoms with E-state index in [4.69, 9.17) is 0 Å². The van der Waals surface area contributed by atoms with Gasteiger partial charge in [0, 0.05) is 6.54 Å². The van der Waals surface area contributed by atoms with Crippen LogP contribution in [0.4, 0.5) is 0 Å². The molecule has 0 spiro atoms. The van der Waals surface area contributed by atoms with Gasteiger partial charge in [0.2, 0.25) is 5.91 Å². The first-order valence-corrected chi connectivity index (χ1v) is 9.30. The molecule has 1 aliphatic carbocycles. The van der Waals surface area contributed by atoms with E-state index in [0.717, 1.165) is 45.3 Å². The van der Waals surface area contributed by atoms with Crippen LogP contribution >= 0.6 is 0 Å². The third kappa shape index (κ3) is 3.77. The standard InChI is InChI=1S/C20H30N2O/c1-17-8-6-9-18(16-17)10-7-13-21-19(23)20(11-2-3-12-20)22-14-4-5-15-22/h6,8-9,16H,2-5,7,10-15H2,1H3,(H,21,23). The molecular weight excluding hydrogens is 284 g/mol. The van der Waals surface area contributed by atoms with Gasteiger partial charge in [-0.2, -0.15) is 0 Å². The average Bonchev–Trinajstić information content (AvgIpc) is 3.22. The van der Waals surface area contributed by atoms with Crippen LogP contribution in [0.5, 0.6) is 0 Å². The monoisotopic (exact) mass is 314 g/mol. The largest absolute Gasteiger partial charge is 0.354 e. The molecule has 1 aromatic carbocycles. The third-order valence-corrected chi connectivity index (χ3v) is 5.58. The van der Waals surface area contributed by atoms with Crippen LogP contribution in [-0.2, 0) is 11.2 Å². The number of amides is 1. The fraction of sp³-hybridized carbons (Fsp3) is 0.650. The van der Waals surface area contributed by atoms with E-state index >= 15 is 0 Å². The highest BCUT2D eigenvalue weighted by Crippen LogP contribution is 2.37. The van der Waals surface area contributed by atoms with Crippen molar-refractivity contribution >= 4 is 5.91 Å². The van der Waals surface area contributed by atoms with Gasteiger partial charge in [0.25, 0.3) is 0 Å². The molecule has 2 aliphatic rings. The SMILES string of the molecule is Cc1cccc(CCCNC(=O)C2(N3CCCC3)CCCC2)c1. The van der Waals surface area contributed by atoms with Crippen LogP contribution in [-0.4, -0.2) is 36.0 Å². The van der Waals surface area contributed by atoms with Gasteiger partial charge < -0.3 is 5.32 Å². The Kier molecular flexibility index (Phi) is 5.37. The zero-order valence-electron chi connectivity index (χ0n) is 14.4. The molecule has 3 heteroatoms. The van der Waals surface area contributed by atoms with E-state index < -0.39 is 0 Å². The summed E-state index contributed by atoms with van der Waals surface area (Å²) >= 11 is 0. The molecule has 1 aromatic rings. The molecule has 3 rings (SSSR count). The fourth-order valence-electron chi connectivity index (χ4n) is 4.32. The van der Waals surface area contributed by atoms with Crippen LogP contribution < -0.4 is 5.32 Å². The number of likely N-dealkylation sites (tertiary alicyclic amines) is 1. The highest BCUT2D eigenvalue weighted by molar-refractivity contribution is 5.86. The maximum atomic E-state index is 12.9. The highest BCUT2D eigenvalue weighted by Gasteiger charge is 2.46. The Morgan fingerprint density at radius 2 is 1.91 bits per heavy atom. The van der Waals surface area contributed by atoms with Crippen molar-refractivity contribution in [2.75, 3.05) is 19.6 Å². The summed E-state index contributed by atoms with van der Waals surface area (Å²) in [5.41, 5.74) is 2.50. The third-order valence-electron chi connectivity index (χ3n) is 5.58. The number of carbonyl (C=O) groups excluding carboxylic acids is 1. The molecule has 2 fully saturated rings. The molecule has 1 N–H and O–H groups in total. The summed E-state index contributed by atoms with van der Waals surface area (Å²) in [5, 5.41) is 3.25. The molecule has 1 saturated carbocycles. The van der Waals surface area contributed by atoms with Crippen molar-refractivity contribution in [2.24, 2.45) is 0 Å². The smallest absolute Gasteiger partial charge is 0.240 e. The minimum absolute atomic E-state index is 0.181. The van der Waals surface area contributed by atoms with Crippen LogP contribution in [0.25, 0.3) is 0 Å². The topological polar surface area (TPSA) is 32.3 Å². The summed E-state index contributed by atoms with van der Waals surface area (Å²) in [6.45, 7) is 5.14. The molecule has 1 saturated heterocycles. The number of carbonyl (C=O) groups is 1. The maximum Gasteiger partial charge on any atom is 0.240 e. The molecule has 3 nitrogen and oxygen atoms in total. The highest BCUT2D eigenvalue weighted by atomic mass is 16.2. The Morgan fingerprint density at radius 1 is 1.17 bits per heavy atom. The van der Waals surface area contributed by atoms with Crippen molar-refractivity contribution < 1.29 is 4.79 Å². The molecule has 0 atom stereocenters. The van der Waals surface area contributed by atoms with Crippen molar-refractivity contribution in [1.82, 2.24) is 10.2 Å². The second-order valence-corrected chi connectivity index (χ2v) is 7.28. The Bertz CT molecular complexity index is 528. The van der Waals surface area contributed by atoms with Crippen molar-refractivity contribution in [3.05, 3.63) is 35.4 Å². The molecule has 0 unspecified atom stereocenters. The molecule has 0 radical (unpaired) electrons. The second kappa shape index (κ2) is 7.48. The van der Waals surface area contributed by atoms with Crippen molar-refractivity contribution in [1.29, 1.82) is 0 Å². The van der Waals surface area contributed by atoms with Crippen molar-refractivity contribution in [3.63, 3.8) is 0 Å². The van der Waals surface area contributed by atoms with Gasteiger partial charge in [-0.3, -0.25) is 9.69 Å². The predicted octanol–water partition coefficient (Wildman–Crippen LogP) is 3.45. The Labute approximate surface area is 140 Å². The van der Waals surface area contributed by atoms with Gasteiger partial charge >= 0.3 is 0 Å². The van der Waals surface area contributed by atoms with Crippen LogP contribution in [0.15, 0.2) is 24.3 Å². The van der Waals surface area contributed by atoms with E-state index in [-0.39, 0.29) is 5.54 Å². The first-order chi connectivity index (χ1) is 11.2. The van der Waals surface area contributed by atoms with Crippen molar-refractivity contribution in [3.8, 4) is 0 Å². The second-order valence-electron chi connectivity index (χ2n) is 7.28. The minimum atomic E-state index is -0.181. The van der Waals surface area contributed by atoms with Crippen LogP contribution in [0, 0.1) is 6.92 Å². The number of benzene rings is 1. The van der Waals surface area contributed by atoms with Gasteiger partial charge in [-0.15, -0.1) is 0 Å². The van der Waals surface area contributed by atoms with Gasteiger partial charge in [-0.25, -0.2) is 0 Å². The number of nitrogens with one attached hydrogen (secondary N) is 1. The summed E-state index contributed by atoms with van der Waals surface area (Å²) in [7, 11) is 0. The van der Waals surface area contributed by atoms with Crippen LogP contribution in [0.3, 0.4) is 0 Å². The summed E-state index contributed by atoms with van der Waals surface area (Å²) < 4.78 is 0. The molecule has 126 valence electrons. The lowest BCUT2D eigenvalue weighted by Gasteiger charge is -2.37. The number of hydrogen-bond acceptors (Lipinski definition) is 2. The Balaban J connectivity index is 1.49. The Morgan fingerprint density at radius 3 is 2.61 bits per heavy atom. The molecule has 0 bridgehead atoms. The number of rotatable bonds is 6. The van der Waals surface area contributed by atoms with Gasteiger partial charge in [0.05, 0.1) is 0 Å². The lowest BCUT2D eigenvalue weighted by molar-refractivity contribution is -0.132. The van der Waals surface area contributed by atoms with Crippen LogP contribution in [0.1, 0.15) is 56.1 Å². The maximum absolute atomic E-state index is 12.9. The van der Waals surface area contributed by atoms with E-state index in [1.165, 1.54) is 36.8 Å². The zero-order chi connectivity index (χ0) is 16.1. The predicted molar refractivity (Wildman–Crippen MR) is 94.5 cm³/mol. The summed E-state index contributed by atoms with van der Waals surface area (Å²) in [6.07, 6.45) is 9.07. The van der Waals surface area contributed by atoms with E-state index in [2.05, 4.69) is 41.4 Å². The minimum Gasteiger partial charge on any atom is -0.354 e. The number of aryl methyl sites for hydroxylation is 2. The summed E-state index contributed by atoms with van der Waals surface area (Å²) in [4.78, 5) is 15.3. The van der Waals surface area contributed by atoms with Gasteiger partial charge in [-0.1, -0.05) is 42.7 Å². The first kappa shape index (κ1) is 16.5. The summed E-state index contributed by atoms with van der Waals surface area (Å²) in [5.74, 6) is 0.293. The summed E-state index contributed by atoms with van der Waals surface area (Å²) in [6, 6.07) is 8.66.